The molecule has 0 bridgehead atoms. The van der Waals surface area contributed by atoms with Gasteiger partial charge < -0.3 is 9.15 Å². The highest BCUT2D eigenvalue weighted by Crippen LogP contribution is 2.22. The van der Waals surface area contributed by atoms with Crippen molar-refractivity contribution in [2.45, 2.75) is 11.8 Å². The van der Waals surface area contributed by atoms with Crippen LogP contribution in [-0.2, 0) is 11.4 Å². The van der Waals surface area contributed by atoms with E-state index in [9.17, 15) is 4.79 Å². The zero-order chi connectivity index (χ0) is 21.5. The summed E-state index contributed by atoms with van der Waals surface area (Å²) in [5, 5.41) is 5.15. The van der Waals surface area contributed by atoms with Gasteiger partial charge >= 0.3 is 0 Å². The van der Waals surface area contributed by atoms with Gasteiger partial charge in [-0.1, -0.05) is 59.8 Å². The molecule has 0 aliphatic heterocycles. The molecule has 3 aromatic carbocycles. The number of oxazole rings is 1. The Bertz CT molecular complexity index is 1180. The molecule has 0 aliphatic carbocycles. The van der Waals surface area contributed by atoms with Crippen LogP contribution in [0.3, 0.4) is 0 Å². The quantitative estimate of drug-likeness (QED) is 0.223. The minimum absolute atomic E-state index is 0.147. The molecule has 0 spiro atoms. The van der Waals surface area contributed by atoms with E-state index in [2.05, 4.69) is 15.5 Å². The van der Waals surface area contributed by atoms with Crippen LogP contribution < -0.4 is 10.2 Å². The zero-order valence-electron chi connectivity index (χ0n) is 16.3. The zero-order valence-corrected chi connectivity index (χ0v) is 17.9. The molecule has 1 aromatic heterocycles. The van der Waals surface area contributed by atoms with Crippen molar-refractivity contribution >= 4 is 46.6 Å². The number of amides is 1. The van der Waals surface area contributed by atoms with Crippen LogP contribution in [0.2, 0.25) is 5.02 Å². The predicted molar refractivity (Wildman–Crippen MR) is 123 cm³/mol. The van der Waals surface area contributed by atoms with Crippen LogP contribution >= 0.6 is 23.4 Å². The van der Waals surface area contributed by atoms with E-state index in [4.69, 9.17) is 20.8 Å². The smallest absolute Gasteiger partial charge is 0.257 e. The summed E-state index contributed by atoms with van der Waals surface area (Å²) in [6.07, 6.45) is 1.57. The van der Waals surface area contributed by atoms with Crippen molar-refractivity contribution in [1.82, 2.24) is 10.4 Å². The van der Waals surface area contributed by atoms with Crippen molar-refractivity contribution < 1.29 is 13.9 Å². The summed E-state index contributed by atoms with van der Waals surface area (Å²) in [6.45, 7) is 0.432. The molecule has 0 atom stereocenters. The number of ether oxygens (including phenoxy) is 1. The Morgan fingerprint density at radius 3 is 2.81 bits per heavy atom. The third-order valence-electron chi connectivity index (χ3n) is 4.18. The van der Waals surface area contributed by atoms with Gasteiger partial charge in [-0.2, -0.15) is 5.10 Å². The number of para-hydroxylation sites is 2. The second kappa shape index (κ2) is 10.1. The highest BCUT2D eigenvalue weighted by Gasteiger charge is 2.08. The third kappa shape index (κ3) is 6.10. The molecule has 156 valence electrons. The van der Waals surface area contributed by atoms with Gasteiger partial charge in [-0.05, 0) is 47.5 Å². The van der Waals surface area contributed by atoms with E-state index in [1.54, 1.807) is 6.21 Å². The van der Waals surface area contributed by atoms with Gasteiger partial charge in [0.05, 0.1) is 12.0 Å². The van der Waals surface area contributed by atoms with Crippen LogP contribution in [0.15, 0.2) is 87.5 Å². The largest absolute Gasteiger partial charge is 0.489 e. The standard InChI is InChI=1S/C23H18ClN3O3S/c24-18-10-8-16(9-11-18)14-29-19-5-3-4-17(12-19)13-25-27-22(28)15-31-23-26-20-6-1-2-7-21(20)30-23/h1-13H,14-15H2,(H,27,28)/b25-13-. The number of hydrogen-bond acceptors (Lipinski definition) is 6. The molecular formula is C23H18ClN3O3S. The summed E-state index contributed by atoms with van der Waals surface area (Å²) < 4.78 is 11.4. The van der Waals surface area contributed by atoms with Crippen molar-refractivity contribution in [3.63, 3.8) is 0 Å². The van der Waals surface area contributed by atoms with E-state index >= 15 is 0 Å². The third-order valence-corrected chi connectivity index (χ3v) is 5.26. The van der Waals surface area contributed by atoms with Crippen molar-refractivity contribution in [1.29, 1.82) is 0 Å². The van der Waals surface area contributed by atoms with Gasteiger partial charge in [0, 0.05) is 5.02 Å². The maximum atomic E-state index is 12.0. The molecule has 1 amide bonds. The number of hydrazone groups is 1. The van der Waals surface area contributed by atoms with Crippen LogP contribution in [0.1, 0.15) is 11.1 Å². The van der Waals surface area contributed by atoms with Crippen LogP contribution in [0, 0.1) is 0 Å². The van der Waals surface area contributed by atoms with Gasteiger partial charge in [0.15, 0.2) is 5.58 Å². The Kier molecular flexibility index (Phi) is 6.86. The van der Waals surface area contributed by atoms with E-state index in [1.165, 1.54) is 11.8 Å². The maximum absolute atomic E-state index is 12.0. The highest BCUT2D eigenvalue weighted by atomic mass is 35.5. The van der Waals surface area contributed by atoms with Gasteiger partial charge in [-0.3, -0.25) is 4.79 Å². The molecule has 1 heterocycles. The van der Waals surface area contributed by atoms with Gasteiger partial charge in [-0.25, -0.2) is 10.4 Å². The number of benzene rings is 3. The van der Waals surface area contributed by atoms with Crippen molar-refractivity contribution in [2.24, 2.45) is 5.10 Å². The Hall–Kier alpha value is -3.29. The van der Waals surface area contributed by atoms with Gasteiger partial charge in [0.1, 0.15) is 17.9 Å². The minimum atomic E-state index is -0.251. The fourth-order valence-electron chi connectivity index (χ4n) is 2.68. The Labute approximate surface area is 188 Å². The predicted octanol–water partition coefficient (Wildman–Crippen LogP) is 5.30. The monoisotopic (exact) mass is 451 g/mol. The SMILES string of the molecule is O=C(CSc1nc2ccccc2o1)N/N=C\c1cccc(OCc2ccc(Cl)cc2)c1. The lowest BCUT2D eigenvalue weighted by Gasteiger charge is -2.07. The van der Waals surface area contributed by atoms with Crippen LogP contribution in [-0.4, -0.2) is 22.9 Å². The Balaban J connectivity index is 1.25. The van der Waals surface area contributed by atoms with E-state index in [0.717, 1.165) is 16.6 Å². The summed E-state index contributed by atoms with van der Waals surface area (Å²) in [5.74, 6) is 0.601. The van der Waals surface area contributed by atoms with Crippen molar-refractivity contribution in [2.75, 3.05) is 5.75 Å². The number of rotatable bonds is 8. The van der Waals surface area contributed by atoms with Crippen LogP contribution in [0.5, 0.6) is 5.75 Å². The molecular weight excluding hydrogens is 434 g/mol. The number of hydrogen-bond donors (Lipinski definition) is 1. The molecule has 4 rings (SSSR count). The number of nitrogens with zero attached hydrogens (tertiary/aromatic N) is 2. The fourth-order valence-corrected chi connectivity index (χ4v) is 3.44. The molecule has 0 fully saturated rings. The van der Waals surface area contributed by atoms with Crippen LogP contribution in [0.4, 0.5) is 0 Å². The number of carbonyl (C=O) groups is 1. The molecule has 31 heavy (non-hydrogen) atoms. The minimum Gasteiger partial charge on any atom is -0.489 e. The Morgan fingerprint density at radius 2 is 1.97 bits per heavy atom. The number of nitrogens with one attached hydrogen (secondary N) is 1. The molecule has 6 nitrogen and oxygen atoms in total. The molecule has 4 aromatic rings. The average Bonchev–Trinajstić information content (AvgIpc) is 3.21. The van der Waals surface area contributed by atoms with Gasteiger partial charge in [-0.15, -0.1) is 0 Å². The van der Waals surface area contributed by atoms with E-state index < -0.39 is 0 Å². The lowest BCUT2D eigenvalue weighted by Crippen LogP contribution is -2.19. The van der Waals surface area contributed by atoms with Crippen LogP contribution in [0.25, 0.3) is 11.1 Å². The second-order valence-electron chi connectivity index (χ2n) is 6.52. The first-order chi connectivity index (χ1) is 15.2. The molecule has 0 saturated heterocycles. The van der Waals surface area contributed by atoms with E-state index in [-0.39, 0.29) is 11.7 Å². The number of aromatic nitrogens is 1. The first-order valence-corrected chi connectivity index (χ1v) is 10.8. The maximum Gasteiger partial charge on any atom is 0.257 e. The first-order valence-electron chi connectivity index (χ1n) is 9.43. The summed E-state index contributed by atoms with van der Waals surface area (Å²) in [6, 6.07) is 22.4. The van der Waals surface area contributed by atoms with E-state index in [0.29, 0.717) is 28.2 Å². The lowest BCUT2D eigenvalue weighted by atomic mass is 10.2. The van der Waals surface area contributed by atoms with E-state index in [1.807, 2.05) is 72.8 Å². The molecule has 0 saturated carbocycles. The number of thioether (sulfide) groups is 1. The number of carbonyl (C=O) groups excluding carboxylic acids is 1. The molecule has 0 aliphatic rings. The van der Waals surface area contributed by atoms with Crippen molar-refractivity contribution in [3.05, 3.63) is 88.9 Å². The Morgan fingerprint density at radius 1 is 1.13 bits per heavy atom. The molecule has 1 N–H and O–H groups in total. The molecule has 0 unspecified atom stereocenters. The summed E-state index contributed by atoms with van der Waals surface area (Å²) in [4.78, 5) is 16.3. The summed E-state index contributed by atoms with van der Waals surface area (Å²) in [7, 11) is 0. The first kappa shape index (κ1) is 21.0. The summed E-state index contributed by atoms with van der Waals surface area (Å²) >= 11 is 7.11. The number of halogens is 1. The second-order valence-corrected chi connectivity index (χ2v) is 7.88. The fraction of sp³-hybridized carbons (Fsp3) is 0.0870. The highest BCUT2D eigenvalue weighted by molar-refractivity contribution is 7.99. The van der Waals surface area contributed by atoms with Gasteiger partial charge in [0.2, 0.25) is 0 Å². The number of fused-ring (bicyclic) bond motifs is 1. The topological polar surface area (TPSA) is 76.7 Å². The molecule has 8 heteroatoms. The van der Waals surface area contributed by atoms with Gasteiger partial charge in [0.25, 0.3) is 11.1 Å². The lowest BCUT2D eigenvalue weighted by molar-refractivity contribution is -0.118. The molecule has 0 radical (unpaired) electrons. The summed E-state index contributed by atoms with van der Waals surface area (Å²) in [5.41, 5.74) is 5.79. The van der Waals surface area contributed by atoms with Crippen molar-refractivity contribution in [3.8, 4) is 5.75 Å². The average molecular weight is 452 g/mol. The normalized spacial score (nSPS) is 11.1.